The standard InChI is InChI=1S/C20H16ClF3N4O5S/c21-17-12(18(30)27-34(31,32)14-4-2-1-3-13(14)29)5-6-15(25-17)28-10-7-16(26-28)33-11-19(8-9-19)20(22,23)24/h1-7,10,29H,8-9,11H2,(H,27,30). The molecular weight excluding hydrogens is 501 g/mol. The molecule has 2 heterocycles. The summed E-state index contributed by atoms with van der Waals surface area (Å²) in [6, 6.07) is 8.91. The molecule has 14 heteroatoms. The summed E-state index contributed by atoms with van der Waals surface area (Å²) in [5, 5.41) is 13.4. The summed E-state index contributed by atoms with van der Waals surface area (Å²) in [7, 11) is -4.39. The third-order valence-electron chi connectivity index (χ3n) is 5.21. The number of pyridine rings is 1. The van der Waals surface area contributed by atoms with Gasteiger partial charge in [0.05, 0.1) is 5.56 Å². The highest BCUT2D eigenvalue weighted by atomic mass is 35.5. The van der Waals surface area contributed by atoms with E-state index in [4.69, 9.17) is 16.3 Å². The first kappa shape index (κ1) is 23.8. The van der Waals surface area contributed by atoms with E-state index in [0.29, 0.717) is 0 Å². The van der Waals surface area contributed by atoms with Crippen LogP contribution in [0.15, 0.2) is 53.6 Å². The van der Waals surface area contributed by atoms with Crippen molar-refractivity contribution in [1.82, 2.24) is 19.5 Å². The summed E-state index contributed by atoms with van der Waals surface area (Å²) in [4.78, 5) is 15.9. The first-order chi connectivity index (χ1) is 15.9. The number of sulfonamides is 1. The van der Waals surface area contributed by atoms with E-state index in [2.05, 4.69) is 10.1 Å². The lowest BCUT2D eigenvalue weighted by Crippen LogP contribution is -2.31. The number of rotatable bonds is 7. The number of ether oxygens (including phenoxy) is 1. The van der Waals surface area contributed by atoms with Gasteiger partial charge in [-0.05, 0) is 37.1 Å². The Morgan fingerprint density at radius 3 is 2.53 bits per heavy atom. The number of benzene rings is 1. The van der Waals surface area contributed by atoms with E-state index in [9.17, 15) is 31.5 Å². The predicted octanol–water partition coefficient (Wildman–Crippen LogP) is 3.47. The van der Waals surface area contributed by atoms with Crippen LogP contribution in [-0.2, 0) is 10.0 Å². The molecule has 1 aliphatic carbocycles. The highest BCUT2D eigenvalue weighted by molar-refractivity contribution is 7.90. The third kappa shape index (κ3) is 4.66. The van der Waals surface area contributed by atoms with Crippen LogP contribution in [0.2, 0.25) is 5.15 Å². The summed E-state index contributed by atoms with van der Waals surface area (Å²) in [5.74, 6) is -1.57. The first-order valence-electron chi connectivity index (χ1n) is 9.69. The van der Waals surface area contributed by atoms with Crippen molar-refractivity contribution in [1.29, 1.82) is 0 Å². The maximum atomic E-state index is 13.0. The number of carbonyl (C=O) groups is 1. The van der Waals surface area contributed by atoms with Gasteiger partial charge in [-0.1, -0.05) is 23.7 Å². The highest BCUT2D eigenvalue weighted by Gasteiger charge is 2.64. The Kier molecular flexibility index (Phi) is 5.94. The number of nitrogens with one attached hydrogen (secondary N) is 1. The van der Waals surface area contributed by atoms with Crippen molar-refractivity contribution >= 4 is 27.5 Å². The lowest BCUT2D eigenvalue weighted by molar-refractivity contribution is -0.194. The van der Waals surface area contributed by atoms with Crippen LogP contribution in [0.1, 0.15) is 23.2 Å². The minimum Gasteiger partial charge on any atom is -0.507 e. The summed E-state index contributed by atoms with van der Waals surface area (Å²) >= 11 is 6.05. The first-order valence-corrected chi connectivity index (χ1v) is 11.6. The van der Waals surface area contributed by atoms with Crippen LogP contribution >= 0.6 is 11.6 Å². The fourth-order valence-corrected chi connectivity index (χ4v) is 4.32. The number of halogens is 4. The Bertz CT molecular complexity index is 1360. The highest BCUT2D eigenvalue weighted by Crippen LogP contribution is 2.57. The molecule has 180 valence electrons. The molecule has 1 fully saturated rings. The van der Waals surface area contributed by atoms with Gasteiger partial charge in [-0.25, -0.2) is 22.8 Å². The molecule has 4 rings (SSSR count). The number of hydrogen-bond acceptors (Lipinski definition) is 7. The van der Waals surface area contributed by atoms with Gasteiger partial charge >= 0.3 is 6.18 Å². The maximum Gasteiger partial charge on any atom is 0.397 e. The SMILES string of the molecule is O=C(NS(=O)(=O)c1ccccc1O)c1ccc(-n2ccc(OCC3(C(F)(F)F)CC3)n2)nc1Cl. The number of para-hydroxylation sites is 1. The van der Waals surface area contributed by atoms with Crippen molar-refractivity contribution in [2.45, 2.75) is 23.9 Å². The van der Waals surface area contributed by atoms with Crippen molar-refractivity contribution in [2.75, 3.05) is 6.61 Å². The largest absolute Gasteiger partial charge is 0.507 e. The van der Waals surface area contributed by atoms with E-state index in [-0.39, 0.29) is 35.3 Å². The Hall–Kier alpha value is -3.32. The lowest BCUT2D eigenvalue weighted by Gasteiger charge is -2.18. The fourth-order valence-electron chi connectivity index (χ4n) is 3.02. The van der Waals surface area contributed by atoms with Gasteiger partial charge in [0.15, 0.2) is 5.82 Å². The quantitative estimate of drug-likeness (QED) is 0.461. The van der Waals surface area contributed by atoms with Gasteiger partial charge in [0.1, 0.15) is 27.8 Å². The van der Waals surface area contributed by atoms with Gasteiger partial charge in [-0.15, -0.1) is 5.10 Å². The molecule has 34 heavy (non-hydrogen) atoms. The molecule has 1 amide bonds. The number of amides is 1. The number of carbonyl (C=O) groups excluding carboxylic acids is 1. The predicted molar refractivity (Wildman–Crippen MR) is 112 cm³/mol. The number of phenols is 1. The molecule has 0 radical (unpaired) electrons. The van der Waals surface area contributed by atoms with Crippen molar-refractivity contribution in [3.05, 3.63) is 59.4 Å². The zero-order chi connectivity index (χ0) is 24.7. The molecule has 2 N–H and O–H groups in total. The topological polar surface area (TPSA) is 123 Å². The summed E-state index contributed by atoms with van der Waals surface area (Å²) in [6.07, 6.45) is -2.98. The second-order valence-electron chi connectivity index (χ2n) is 7.58. The number of alkyl halides is 3. The Morgan fingerprint density at radius 2 is 1.91 bits per heavy atom. The van der Waals surface area contributed by atoms with E-state index < -0.39 is 44.8 Å². The molecule has 2 aromatic heterocycles. The van der Waals surface area contributed by atoms with Gasteiger partial charge in [-0.3, -0.25) is 4.79 Å². The summed E-state index contributed by atoms with van der Waals surface area (Å²) in [6.45, 7) is -0.549. The van der Waals surface area contributed by atoms with Gasteiger partial charge in [0.25, 0.3) is 15.9 Å². The molecule has 0 bridgehead atoms. The number of nitrogens with zero attached hydrogens (tertiary/aromatic N) is 3. The van der Waals surface area contributed by atoms with Gasteiger partial charge in [-0.2, -0.15) is 13.2 Å². The van der Waals surface area contributed by atoms with Crippen molar-refractivity contribution in [3.8, 4) is 17.4 Å². The zero-order valence-corrected chi connectivity index (χ0v) is 18.7. The molecule has 9 nitrogen and oxygen atoms in total. The number of phenolic OH excluding ortho intramolecular Hbond substituents is 1. The van der Waals surface area contributed by atoms with Gasteiger partial charge < -0.3 is 9.84 Å². The van der Waals surface area contributed by atoms with Gasteiger partial charge in [0, 0.05) is 12.3 Å². The molecule has 0 unspecified atom stereocenters. The number of aromatic hydroxyl groups is 1. The van der Waals surface area contributed by atoms with E-state index in [1.807, 2.05) is 0 Å². The average molecular weight is 517 g/mol. The summed E-state index contributed by atoms with van der Waals surface area (Å²) < 4.78 is 72.0. The van der Waals surface area contributed by atoms with Crippen LogP contribution < -0.4 is 9.46 Å². The Labute approximate surface area is 196 Å². The van der Waals surface area contributed by atoms with Crippen LogP contribution in [0.3, 0.4) is 0 Å². The van der Waals surface area contributed by atoms with E-state index in [1.54, 1.807) is 4.72 Å². The Balaban J connectivity index is 1.46. The second kappa shape index (κ2) is 8.47. The van der Waals surface area contributed by atoms with Crippen molar-refractivity contribution < 1.29 is 36.2 Å². The second-order valence-corrected chi connectivity index (χ2v) is 9.58. The van der Waals surface area contributed by atoms with Crippen LogP contribution in [-0.4, -0.2) is 47.0 Å². The van der Waals surface area contributed by atoms with Crippen LogP contribution in [0.25, 0.3) is 5.82 Å². The molecule has 0 aliphatic heterocycles. The number of hydrogen-bond donors (Lipinski definition) is 2. The van der Waals surface area contributed by atoms with Crippen LogP contribution in [0, 0.1) is 5.41 Å². The molecular formula is C20H16ClF3N4O5S. The maximum absolute atomic E-state index is 13.0. The minimum absolute atomic E-state index is 0.00247. The number of aromatic nitrogens is 3. The zero-order valence-electron chi connectivity index (χ0n) is 17.1. The van der Waals surface area contributed by atoms with E-state index in [0.717, 1.165) is 12.1 Å². The van der Waals surface area contributed by atoms with Crippen molar-refractivity contribution in [3.63, 3.8) is 0 Å². The van der Waals surface area contributed by atoms with E-state index >= 15 is 0 Å². The average Bonchev–Trinajstić information content (AvgIpc) is 3.42. The molecule has 1 aromatic carbocycles. The molecule has 0 saturated heterocycles. The third-order valence-corrected chi connectivity index (χ3v) is 6.88. The molecule has 0 atom stereocenters. The summed E-state index contributed by atoms with van der Waals surface area (Å²) in [5.41, 5.74) is -2.11. The monoisotopic (exact) mass is 516 g/mol. The molecule has 1 saturated carbocycles. The van der Waals surface area contributed by atoms with Crippen molar-refractivity contribution in [2.24, 2.45) is 5.41 Å². The smallest absolute Gasteiger partial charge is 0.397 e. The molecule has 1 aliphatic rings. The fraction of sp³-hybridized carbons (Fsp3) is 0.250. The normalized spacial score (nSPS) is 15.1. The minimum atomic E-state index is -4.39. The molecule has 0 spiro atoms. The van der Waals surface area contributed by atoms with E-state index in [1.165, 1.54) is 41.2 Å². The van der Waals surface area contributed by atoms with Crippen LogP contribution in [0.5, 0.6) is 11.6 Å². The lowest BCUT2D eigenvalue weighted by atomic mass is 10.1. The molecule has 3 aromatic rings. The Morgan fingerprint density at radius 1 is 1.21 bits per heavy atom. The van der Waals surface area contributed by atoms with Crippen LogP contribution in [0.4, 0.5) is 13.2 Å². The van der Waals surface area contributed by atoms with Gasteiger partial charge in [0.2, 0.25) is 5.88 Å².